The number of piperazine rings is 1. The number of ether oxygens (including phenoxy) is 1. The van der Waals surface area contributed by atoms with E-state index in [1.807, 2.05) is 97.4 Å². The number of aromatic nitrogens is 2. The van der Waals surface area contributed by atoms with Crippen molar-refractivity contribution in [3.63, 3.8) is 0 Å². The molecule has 4 aromatic rings. The molecule has 8 nitrogen and oxygen atoms in total. The Labute approximate surface area is 281 Å². The molecule has 48 heavy (non-hydrogen) atoms. The number of anilines is 2. The molecule has 0 aliphatic carbocycles. The average Bonchev–Trinajstić information content (AvgIpc) is 3.15. The number of benzene rings is 2. The van der Waals surface area contributed by atoms with Crippen molar-refractivity contribution in [3.8, 4) is 12.1 Å². The Kier molecular flexibility index (Phi) is 10.5. The van der Waals surface area contributed by atoms with Gasteiger partial charge in [-0.05, 0) is 84.0 Å². The van der Waals surface area contributed by atoms with Crippen LogP contribution in [0, 0.1) is 22.7 Å². The van der Waals surface area contributed by atoms with Crippen molar-refractivity contribution in [2.75, 3.05) is 36.0 Å². The summed E-state index contributed by atoms with van der Waals surface area (Å²) < 4.78 is 6.17. The molecule has 236 valence electrons. The summed E-state index contributed by atoms with van der Waals surface area (Å²) in [5.74, 6) is 1.07. The lowest BCUT2D eigenvalue weighted by atomic mass is 10.0. The van der Waals surface area contributed by atoms with Crippen LogP contribution >= 0.6 is 0 Å². The Morgan fingerprint density at radius 1 is 0.729 bits per heavy atom. The normalized spacial score (nSPS) is 14.5. The molecule has 0 atom stereocenters. The fourth-order valence-corrected chi connectivity index (χ4v) is 5.49. The molecule has 6 rings (SSSR count). The van der Waals surface area contributed by atoms with E-state index in [0.29, 0.717) is 30.2 Å². The molecule has 2 aliphatic rings. The van der Waals surface area contributed by atoms with Crippen molar-refractivity contribution >= 4 is 23.5 Å². The van der Waals surface area contributed by atoms with E-state index in [1.165, 1.54) is 5.69 Å². The summed E-state index contributed by atoms with van der Waals surface area (Å²) in [6.45, 7) is 5.26. The number of rotatable bonds is 10. The van der Waals surface area contributed by atoms with Gasteiger partial charge in [-0.15, -0.1) is 0 Å². The number of allylic oxidation sites excluding steroid dienone is 6. The van der Waals surface area contributed by atoms with Gasteiger partial charge in [0.2, 0.25) is 0 Å². The average molecular weight is 630 g/mol. The van der Waals surface area contributed by atoms with Gasteiger partial charge in [0.05, 0.1) is 24.5 Å². The Balaban J connectivity index is 1.17. The van der Waals surface area contributed by atoms with E-state index in [1.54, 1.807) is 12.2 Å². The molecule has 0 amide bonds. The second kappa shape index (κ2) is 15.9. The van der Waals surface area contributed by atoms with E-state index in [9.17, 15) is 10.5 Å². The first-order valence-electron chi connectivity index (χ1n) is 15.9. The molecular weight excluding hydrogens is 594 g/mol. The summed E-state index contributed by atoms with van der Waals surface area (Å²) in [7, 11) is 0. The predicted molar refractivity (Wildman–Crippen MR) is 190 cm³/mol. The van der Waals surface area contributed by atoms with Crippen LogP contribution < -0.4 is 15.1 Å². The number of nitrogens with zero attached hydrogens (tertiary/aromatic N) is 6. The maximum absolute atomic E-state index is 9.57. The summed E-state index contributed by atoms with van der Waals surface area (Å²) in [5.41, 5.74) is 6.74. The molecular formula is C40H35N7O. The molecule has 2 aromatic carbocycles. The zero-order valence-corrected chi connectivity index (χ0v) is 26.5. The molecule has 0 radical (unpaired) electrons. The fraction of sp³-hybridized carbons (Fsp3) is 0.150. The largest absolute Gasteiger partial charge is 0.457 e. The van der Waals surface area contributed by atoms with Gasteiger partial charge in [-0.1, -0.05) is 48.6 Å². The van der Waals surface area contributed by atoms with E-state index in [-0.39, 0.29) is 5.57 Å². The molecule has 1 fully saturated rings. The topological polar surface area (TPSA) is 101 Å². The van der Waals surface area contributed by atoms with Crippen molar-refractivity contribution in [2.24, 2.45) is 0 Å². The van der Waals surface area contributed by atoms with E-state index in [0.717, 1.165) is 54.4 Å². The molecule has 0 spiro atoms. The minimum Gasteiger partial charge on any atom is -0.457 e. The number of hydrogen-bond acceptors (Lipinski definition) is 8. The molecule has 0 unspecified atom stereocenters. The van der Waals surface area contributed by atoms with E-state index in [4.69, 9.17) is 4.74 Å². The summed E-state index contributed by atoms with van der Waals surface area (Å²) in [6.07, 6.45) is 14.7. The van der Waals surface area contributed by atoms with Crippen LogP contribution in [0.15, 0.2) is 144 Å². The van der Waals surface area contributed by atoms with Gasteiger partial charge in [0.1, 0.15) is 29.2 Å². The van der Waals surface area contributed by atoms with Crippen LogP contribution in [-0.4, -0.2) is 36.1 Å². The van der Waals surface area contributed by atoms with Crippen LogP contribution in [0.2, 0.25) is 0 Å². The SMILES string of the molecule is N#CC(C#N)=C1C=C(/C=C/c2ccc(N3CCNCC3)cc2)OC(/C=C/c2ccc(N(Cc3ccccn3)Cc3ccccn3)cc2)=C1. The monoisotopic (exact) mass is 629 g/mol. The van der Waals surface area contributed by atoms with Crippen molar-refractivity contribution < 1.29 is 4.74 Å². The van der Waals surface area contributed by atoms with E-state index >= 15 is 0 Å². The predicted octanol–water partition coefficient (Wildman–Crippen LogP) is 6.96. The molecule has 8 heteroatoms. The lowest BCUT2D eigenvalue weighted by Gasteiger charge is -2.29. The third-order valence-corrected chi connectivity index (χ3v) is 8.02. The van der Waals surface area contributed by atoms with Crippen LogP contribution in [0.4, 0.5) is 11.4 Å². The standard InChI is InChI=1S/C40H35N7O/c41-27-34(28-42)33-25-39(17-11-31-7-13-37(14-8-31)46-23-21-43-22-24-46)48-40(26-33)18-12-32-9-15-38(16-10-32)47(29-35-5-1-3-19-44-35)30-36-6-2-4-20-45-36/h1-20,25-26,43H,21-24,29-30H2/b17-11+,18-12+. The number of hydrogen-bond donors (Lipinski definition) is 1. The highest BCUT2D eigenvalue weighted by Crippen LogP contribution is 2.26. The zero-order chi connectivity index (χ0) is 33.0. The van der Waals surface area contributed by atoms with Gasteiger partial charge in [-0.3, -0.25) is 9.97 Å². The summed E-state index contributed by atoms with van der Waals surface area (Å²) in [5, 5.41) is 22.5. The number of nitrogens with one attached hydrogen (secondary N) is 1. The van der Waals surface area contributed by atoms with Gasteiger partial charge in [-0.2, -0.15) is 10.5 Å². The first-order valence-corrected chi connectivity index (χ1v) is 15.9. The third-order valence-electron chi connectivity index (χ3n) is 8.02. The lowest BCUT2D eigenvalue weighted by Crippen LogP contribution is -2.43. The van der Waals surface area contributed by atoms with Gasteiger partial charge in [-0.25, -0.2) is 0 Å². The first kappa shape index (κ1) is 31.7. The van der Waals surface area contributed by atoms with Crippen LogP contribution in [0.5, 0.6) is 0 Å². The minimum atomic E-state index is 0.0285. The Bertz CT molecular complexity index is 1870. The Morgan fingerprint density at radius 2 is 1.27 bits per heavy atom. The maximum Gasteiger partial charge on any atom is 0.137 e. The van der Waals surface area contributed by atoms with Crippen LogP contribution in [-0.2, 0) is 17.8 Å². The van der Waals surface area contributed by atoms with Crippen LogP contribution in [0.25, 0.3) is 12.2 Å². The fourth-order valence-electron chi connectivity index (χ4n) is 5.49. The Hall–Kier alpha value is -6.22. The van der Waals surface area contributed by atoms with Crippen molar-refractivity contribution in [3.05, 3.63) is 167 Å². The second-order valence-corrected chi connectivity index (χ2v) is 11.3. The molecule has 1 N–H and O–H groups in total. The number of nitriles is 2. The van der Waals surface area contributed by atoms with Gasteiger partial charge in [0, 0.05) is 55.5 Å². The highest BCUT2D eigenvalue weighted by molar-refractivity contribution is 5.62. The minimum absolute atomic E-state index is 0.0285. The van der Waals surface area contributed by atoms with Crippen molar-refractivity contribution in [1.29, 1.82) is 10.5 Å². The zero-order valence-electron chi connectivity index (χ0n) is 26.5. The molecule has 0 bridgehead atoms. The van der Waals surface area contributed by atoms with Crippen molar-refractivity contribution in [1.82, 2.24) is 15.3 Å². The third kappa shape index (κ3) is 8.52. The molecule has 0 saturated carbocycles. The highest BCUT2D eigenvalue weighted by Gasteiger charge is 2.14. The first-order chi connectivity index (χ1) is 23.7. The van der Waals surface area contributed by atoms with E-state index in [2.05, 4.69) is 61.5 Å². The second-order valence-electron chi connectivity index (χ2n) is 11.3. The molecule has 1 saturated heterocycles. The lowest BCUT2D eigenvalue weighted by molar-refractivity contribution is 0.332. The smallest absolute Gasteiger partial charge is 0.137 e. The molecule has 2 aliphatic heterocycles. The summed E-state index contributed by atoms with van der Waals surface area (Å²) >= 11 is 0. The highest BCUT2D eigenvalue weighted by atomic mass is 16.5. The van der Waals surface area contributed by atoms with Gasteiger partial charge < -0.3 is 19.9 Å². The van der Waals surface area contributed by atoms with E-state index < -0.39 is 0 Å². The summed E-state index contributed by atoms with van der Waals surface area (Å²) in [4.78, 5) is 13.7. The quantitative estimate of drug-likeness (QED) is 0.188. The molecule has 2 aromatic heterocycles. The number of pyridine rings is 2. The van der Waals surface area contributed by atoms with Crippen LogP contribution in [0.1, 0.15) is 22.5 Å². The van der Waals surface area contributed by atoms with Gasteiger partial charge >= 0.3 is 0 Å². The Morgan fingerprint density at radius 3 is 1.77 bits per heavy atom. The van der Waals surface area contributed by atoms with Gasteiger partial charge in [0.15, 0.2) is 0 Å². The van der Waals surface area contributed by atoms with Gasteiger partial charge in [0.25, 0.3) is 0 Å². The van der Waals surface area contributed by atoms with Crippen LogP contribution in [0.3, 0.4) is 0 Å². The molecule has 4 heterocycles. The summed E-state index contributed by atoms with van der Waals surface area (Å²) in [6, 6.07) is 32.6. The van der Waals surface area contributed by atoms with Crippen molar-refractivity contribution in [2.45, 2.75) is 13.1 Å². The maximum atomic E-state index is 9.57.